The number of nitrogens with zero attached hydrogens (tertiary/aromatic N) is 1. The van der Waals surface area contributed by atoms with Crippen LogP contribution in [-0.2, 0) is 10.0 Å². The van der Waals surface area contributed by atoms with Gasteiger partial charge in [-0.1, -0.05) is 13.3 Å². The van der Waals surface area contributed by atoms with Gasteiger partial charge < -0.3 is 0 Å². The molecule has 0 aliphatic heterocycles. The Morgan fingerprint density at radius 1 is 1.45 bits per heavy atom. The lowest BCUT2D eigenvalue weighted by atomic mass is 9.77. The van der Waals surface area contributed by atoms with E-state index in [1.807, 2.05) is 6.92 Å². The monoisotopic (exact) mass is 312 g/mol. The Morgan fingerprint density at radius 3 is 2.55 bits per heavy atom. The van der Waals surface area contributed by atoms with Crippen molar-refractivity contribution in [1.82, 2.24) is 4.72 Å². The second kappa shape index (κ2) is 5.84. The molecule has 0 bridgehead atoms. The van der Waals surface area contributed by atoms with Crippen molar-refractivity contribution in [2.24, 2.45) is 5.92 Å². The predicted octanol–water partition coefficient (Wildman–Crippen LogP) is 3.20. The topological polar surface area (TPSA) is 70.0 Å². The summed E-state index contributed by atoms with van der Waals surface area (Å²) in [6, 6.07) is 5.60. The fraction of sp³-hybridized carbons (Fsp3) is 0.643. The third kappa shape index (κ3) is 3.22. The van der Waals surface area contributed by atoms with Gasteiger partial charge in [-0.05, 0) is 50.7 Å². The number of hydrogen-bond acceptors (Lipinski definition) is 4. The highest BCUT2D eigenvalue weighted by Crippen LogP contribution is 2.35. The molecule has 0 amide bonds. The molecule has 0 spiro atoms. The van der Waals surface area contributed by atoms with Crippen molar-refractivity contribution in [2.75, 3.05) is 0 Å². The molecule has 1 aromatic heterocycles. The summed E-state index contributed by atoms with van der Waals surface area (Å²) in [7, 11) is -3.59. The molecule has 0 radical (unpaired) electrons. The number of nitriles is 1. The zero-order valence-corrected chi connectivity index (χ0v) is 13.5. The van der Waals surface area contributed by atoms with Gasteiger partial charge in [-0.15, -0.1) is 11.3 Å². The van der Waals surface area contributed by atoms with E-state index >= 15 is 0 Å². The van der Waals surface area contributed by atoms with E-state index in [2.05, 4.69) is 17.7 Å². The molecule has 4 nitrogen and oxygen atoms in total. The minimum atomic E-state index is -3.59. The van der Waals surface area contributed by atoms with E-state index in [0.29, 0.717) is 23.0 Å². The average molecular weight is 312 g/mol. The molecule has 0 atom stereocenters. The zero-order valence-electron chi connectivity index (χ0n) is 11.8. The Morgan fingerprint density at radius 2 is 2.10 bits per heavy atom. The largest absolute Gasteiger partial charge is 0.251 e. The highest BCUT2D eigenvalue weighted by Gasteiger charge is 2.39. The molecule has 1 aliphatic rings. The van der Waals surface area contributed by atoms with E-state index < -0.39 is 15.6 Å². The molecule has 0 unspecified atom stereocenters. The third-order valence-electron chi connectivity index (χ3n) is 4.06. The van der Waals surface area contributed by atoms with Crippen molar-refractivity contribution >= 4 is 21.4 Å². The van der Waals surface area contributed by atoms with E-state index in [1.165, 1.54) is 11.3 Å². The molecule has 1 aliphatic carbocycles. The summed E-state index contributed by atoms with van der Waals surface area (Å²) < 4.78 is 27.7. The minimum absolute atomic E-state index is 0.294. The summed E-state index contributed by atoms with van der Waals surface area (Å²) in [6.45, 7) is 4.01. The van der Waals surface area contributed by atoms with Crippen LogP contribution in [0.5, 0.6) is 0 Å². The van der Waals surface area contributed by atoms with E-state index in [0.717, 1.165) is 24.1 Å². The van der Waals surface area contributed by atoms with Gasteiger partial charge in [0.1, 0.15) is 9.75 Å². The molecule has 1 N–H and O–H groups in total. The molecule has 0 aromatic carbocycles. The maximum atomic E-state index is 12.4. The SMILES string of the molecule is CCC1CCC(C#N)(NS(=O)(=O)c2ccc(C)s2)CC1. The van der Waals surface area contributed by atoms with Crippen molar-refractivity contribution in [2.45, 2.75) is 55.7 Å². The summed E-state index contributed by atoms with van der Waals surface area (Å²) in [5.41, 5.74) is -0.928. The first kappa shape index (κ1) is 15.5. The number of nitrogens with one attached hydrogen (secondary N) is 1. The fourth-order valence-corrected chi connectivity index (χ4v) is 5.34. The van der Waals surface area contributed by atoms with Crippen LogP contribution in [-0.4, -0.2) is 14.0 Å². The molecule has 0 saturated heterocycles. The van der Waals surface area contributed by atoms with Crippen LogP contribution < -0.4 is 4.72 Å². The van der Waals surface area contributed by atoms with E-state index in [1.54, 1.807) is 12.1 Å². The van der Waals surface area contributed by atoms with Crippen LogP contribution in [0.2, 0.25) is 0 Å². The lowest BCUT2D eigenvalue weighted by Gasteiger charge is -2.34. The number of aryl methyl sites for hydroxylation is 1. The van der Waals surface area contributed by atoms with Crippen LogP contribution in [0.3, 0.4) is 0 Å². The van der Waals surface area contributed by atoms with Crippen molar-refractivity contribution in [3.8, 4) is 6.07 Å². The Kier molecular flexibility index (Phi) is 4.52. The summed E-state index contributed by atoms with van der Waals surface area (Å²) in [4.78, 5) is 0.950. The van der Waals surface area contributed by atoms with Crippen LogP contribution >= 0.6 is 11.3 Å². The van der Waals surface area contributed by atoms with E-state index in [9.17, 15) is 13.7 Å². The Balaban J connectivity index is 2.17. The predicted molar refractivity (Wildman–Crippen MR) is 80.0 cm³/mol. The van der Waals surface area contributed by atoms with Gasteiger partial charge >= 0.3 is 0 Å². The fourth-order valence-electron chi connectivity index (χ4n) is 2.68. The van der Waals surface area contributed by atoms with Gasteiger partial charge in [0, 0.05) is 4.88 Å². The summed E-state index contributed by atoms with van der Waals surface area (Å²) in [5, 5.41) is 9.44. The minimum Gasteiger partial charge on any atom is -0.206 e. The number of rotatable bonds is 4. The number of thiophene rings is 1. The van der Waals surface area contributed by atoms with Crippen molar-refractivity contribution in [3.63, 3.8) is 0 Å². The zero-order chi connectivity index (χ0) is 14.8. The molecule has 110 valence electrons. The maximum Gasteiger partial charge on any atom is 0.251 e. The molecule has 1 saturated carbocycles. The third-order valence-corrected chi connectivity index (χ3v) is 7.09. The van der Waals surface area contributed by atoms with Crippen LogP contribution in [0.1, 0.15) is 43.9 Å². The van der Waals surface area contributed by atoms with Gasteiger partial charge in [0.15, 0.2) is 0 Å². The summed E-state index contributed by atoms with van der Waals surface area (Å²) in [5.74, 6) is 0.616. The highest BCUT2D eigenvalue weighted by atomic mass is 32.2. The highest BCUT2D eigenvalue weighted by molar-refractivity contribution is 7.91. The second-order valence-electron chi connectivity index (χ2n) is 5.52. The van der Waals surface area contributed by atoms with E-state index in [-0.39, 0.29) is 0 Å². The first-order valence-corrected chi connectivity index (χ1v) is 9.22. The second-order valence-corrected chi connectivity index (χ2v) is 8.71. The first-order chi connectivity index (χ1) is 9.41. The van der Waals surface area contributed by atoms with Gasteiger partial charge in [-0.2, -0.15) is 9.98 Å². The molecule has 1 fully saturated rings. The van der Waals surface area contributed by atoms with Gasteiger partial charge in [0.25, 0.3) is 10.0 Å². The quantitative estimate of drug-likeness (QED) is 0.928. The lowest BCUT2D eigenvalue weighted by Crippen LogP contribution is -2.49. The standard InChI is InChI=1S/C14H20N2O2S2/c1-3-12-6-8-14(10-15,9-7-12)16-20(17,18)13-5-4-11(2)19-13/h4-5,12,16H,3,6-9H2,1-2H3. The van der Waals surface area contributed by atoms with Gasteiger partial charge in [0.05, 0.1) is 6.07 Å². The van der Waals surface area contributed by atoms with Crippen molar-refractivity contribution in [1.29, 1.82) is 5.26 Å². The van der Waals surface area contributed by atoms with Gasteiger partial charge in [-0.3, -0.25) is 0 Å². The maximum absolute atomic E-state index is 12.4. The number of sulfonamides is 1. The van der Waals surface area contributed by atoms with Gasteiger partial charge in [-0.25, -0.2) is 8.42 Å². The molecule has 6 heteroatoms. The van der Waals surface area contributed by atoms with Crippen molar-refractivity contribution in [3.05, 3.63) is 17.0 Å². The lowest BCUT2D eigenvalue weighted by molar-refractivity contribution is 0.259. The smallest absolute Gasteiger partial charge is 0.206 e. The summed E-state index contributed by atoms with van der Waals surface area (Å²) >= 11 is 1.24. The molecule has 1 heterocycles. The summed E-state index contributed by atoms with van der Waals surface area (Å²) in [6.07, 6.45) is 4.13. The molecular weight excluding hydrogens is 292 g/mol. The molecule has 20 heavy (non-hydrogen) atoms. The van der Waals surface area contributed by atoms with Crippen LogP contribution in [0, 0.1) is 24.2 Å². The normalized spacial score (nSPS) is 27.1. The van der Waals surface area contributed by atoms with E-state index in [4.69, 9.17) is 0 Å². The Bertz CT molecular complexity index is 605. The average Bonchev–Trinajstić information content (AvgIpc) is 2.87. The Hall–Kier alpha value is -0.900. The molecule has 2 rings (SSSR count). The Labute approximate surface area is 124 Å². The first-order valence-electron chi connectivity index (χ1n) is 6.92. The molecular formula is C14H20N2O2S2. The number of hydrogen-bond donors (Lipinski definition) is 1. The van der Waals surface area contributed by atoms with Gasteiger partial charge in [0.2, 0.25) is 0 Å². The van der Waals surface area contributed by atoms with Crippen LogP contribution in [0.15, 0.2) is 16.3 Å². The van der Waals surface area contributed by atoms with Crippen LogP contribution in [0.4, 0.5) is 0 Å². The molecule has 1 aromatic rings. The van der Waals surface area contributed by atoms with Crippen LogP contribution in [0.25, 0.3) is 0 Å². The van der Waals surface area contributed by atoms with Crippen molar-refractivity contribution < 1.29 is 8.42 Å².